The van der Waals surface area contributed by atoms with Gasteiger partial charge in [-0.05, 0) is 25.2 Å². The normalized spacial score (nSPS) is 18.2. The number of rotatable bonds is 7. The third-order valence-corrected chi connectivity index (χ3v) is 2.97. The van der Waals surface area contributed by atoms with Gasteiger partial charge >= 0.3 is 0 Å². The molecule has 0 aliphatic carbocycles. The number of nitrogens with one attached hydrogen (secondary N) is 1. The highest BCUT2D eigenvalue weighted by Gasteiger charge is 2.15. The molecule has 0 unspecified atom stereocenters. The lowest BCUT2D eigenvalue weighted by Crippen LogP contribution is -2.42. The third-order valence-electron chi connectivity index (χ3n) is 2.97. The lowest BCUT2D eigenvalue weighted by atomic mass is 9.98. The SMILES string of the molecule is CC[C@@H](C)[C@H](C)N[C@H](CO)CC(C)C. The minimum atomic E-state index is 0.249. The summed E-state index contributed by atoms with van der Waals surface area (Å²) in [7, 11) is 0. The Bertz CT molecular complexity index is 136. The Labute approximate surface area is 89.1 Å². The molecule has 0 aromatic carbocycles. The van der Waals surface area contributed by atoms with Crippen LogP contribution in [-0.2, 0) is 0 Å². The first-order valence-electron chi connectivity index (χ1n) is 5.88. The summed E-state index contributed by atoms with van der Waals surface area (Å²) in [6.07, 6.45) is 2.24. The molecule has 0 radical (unpaired) electrons. The molecule has 14 heavy (non-hydrogen) atoms. The molecule has 2 N–H and O–H groups in total. The standard InChI is InChI=1S/C12H27NO/c1-6-10(4)11(5)13-12(8-14)7-9(2)3/h9-14H,6-8H2,1-5H3/t10-,11+,12+/m1/s1. The van der Waals surface area contributed by atoms with Crippen LogP contribution < -0.4 is 5.32 Å². The molecule has 3 atom stereocenters. The molecule has 0 bridgehead atoms. The van der Waals surface area contributed by atoms with Crippen LogP contribution in [0.4, 0.5) is 0 Å². The summed E-state index contributed by atoms with van der Waals surface area (Å²) in [4.78, 5) is 0. The molecule has 0 saturated heterocycles. The smallest absolute Gasteiger partial charge is 0.0584 e. The summed E-state index contributed by atoms with van der Waals surface area (Å²) in [5, 5.41) is 12.7. The molecular formula is C12H27NO. The minimum absolute atomic E-state index is 0.249. The van der Waals surface area contributed by atoms with E-state index in [9.17, 15) is 5.11 Å². The van der Waals surface area contributed by atoms with E-state index in [1.165, 1.54) is 6.42 Å². The number of hydrogen-bond acceptors (Lipinski definition) is 2. The van der Waals surface area contributed by atoms with Gasteiger partial charge in [-0.25, -0.2) is 0 Å². The topological polar surface area (TPSA) is 32.3 Å². The number of hydrogen-bond donors (Lipinski definition) is 2. The van der Waals surface area contributed by atoms with E-state index in [0.29, 0.717) is 17.9 Å². The minimum Gasteiger partial charge on any atom is -0.395 e. The van der Waals surface area contributed by atoms with Gasteiger partial charge < -0.3 is 10.4 Å². The fourth-order valence-corrected chi connectivity index (χ4v) is 1.65. The highest BCUT2D eigenvalue weighted by atomic mass is 16.3. The zero-order valence-corrected chi connectivity index (χ0v) is 10.4. The molecule has 86 valence electrons. The molecule has 0 aromatic rings. The molecule has 0 fully saturated rings. The van der Waals surface area contributed by atoms with Crippen molar-refractivity contribution < 1.29 is 5.11 Å². The average Bonchev–Trinajstić information content (AvgIpc) is 2.14. The van der Waals surface area contributed by atoms with Gasteiger partial charge in [-0.1, -0.05) is 34.1 Å². The Balaban J connectivity index is 3.91. The van der Waals surface area contributed by atoms with E-state index in [0.717, 1.165) is 6.42 Å². The van der Waals surface area contributed by atoms with Crippen LogP contribution in [-0.4, -0.2) is 23.8 Å². The molecule has 0 amide bonds. The quantitative estimate of drug-likeness (QED) is 0.663. The van der Waals surface area contributed by atoms with Crippen molar-refractivity contribution in [1.29, 1.82) is 0 Å². The fraction of sp³-hybridized carbons (Fsp3) is 1.00. The fourth-order valence-electron chi connectivity index (χ4n) is 1.65. The summed E-state index contributed by atoms with van der Waals surface area (Å²) < 4.78 is 0. The van der Waals surface area contributed by atoms with Crippen LogP contribution >= 0.6 is 0 Å². The van der Waals surface area contributed by atoms with Crippen LogP contribution in [0.15, 0.2) is 0 Å². The van der Waals surface area contributed by atoms with Crippen LogP contribution in [0.2, 0.25) is 0 Å². The number of aliphatic hydroxyl groups is 1. The predicted octanol–water partition coefficient (Wildman–Crippen LogP) is 2.42. The monoisotopic (exact) mass is 201 g/mol. The van der Waals surface area contributed by atoms with Crippen LogP contribution in [0.25, 0.3) is 0 Å². The second-order valence-corrected chi connectivity index (χ2v) is 4.85. The second-order valence-electron chi connectivity index (χ2n) is 4.85. The van der Waals surface area contributed by atoms with E-state index in [2.05, 4.69) is 39.9 Å². The van der Waals surface area contributed by atoms with E-state index < -0.39 is 0 Å². The van der Waals surface area contributed by atoms with Gasteiger partial charge in [0.2, 0.25) is 0 Å². The predicted molar refractivity (Wildman–Crippen MR) is 62.4 cm³/mol. The van der Waals surface area contributed by atoms with Crippen LogP contribution in [0, 0.1) is 11.8 Å². The Kier molecular flexibility index (Phi) is 7.20. The van der Waals surface area contributed by atoms with Crippen molar-refractivity contribution in [3.63, 3.8) is 0 Å². The lowest BCUT2D eigenvalue weighted by molar-refractivity contribution is 0.202. The maximum Gasteiger partial charge on any atom is 0.0584 e. The van der Waals surface area contributed by atoms with Crippen LogP contribution in [0.5, 0.6) is 0 Å². The van der Waals surface area contributed by atoms with Gasteiger partial charge in [0, 0.05) is 12.1 Å². The molecule has 0 aromatic heterocycles. The molecular weight excluding hydrogens is 174 g/mol. The molecule has 0 spiro atoms. The summed E-state index contributed by atoms with van der Waals surface area (Å²) >= 11 is 0. The molecule has 2 heteroatoms. The number of aliphatic hydroxyl groups excluding tert-OH is 1. The molecule has 0 heterocycles. The first-order valence-corrected chi connectivity index (χ1v) is 5.88. The van der Waals surface area contributed by atoms with Gasteiger partial charge in [0.25, 0.3) is 0 Å². The van der Waals surface area contributed by atoms with Crippen molar-refractivity contribution in [2.24, 2.45) is 11.8 Å². The molecule has 2 nitrogen and oxygen atoms in total. The highest BCUT2D eigenvalue weighted by molar-refractivity contribution is 4.75. The highest BCUT2D eigenvalue weighted by Crippen LogP contribution is 2.10. The zero-order chi connectivity index (χ0) is 11.1. The Morgan fingerprint density at radius 1 is 1.14 bits per heavy atom. The van der Waals surface area contributed by atoms with Crippen molar-refractivity contribution in [2.45, 2.75) is 59.5 Å². The van der Waals surface area contributed by atoms with Crippen LogP contribution in [0.3, 0.4) is 0 Å². The van der Waals surface area contributed by atoms with Gasteiger partial charge in [-0.3, -0.25) is 0 Å². The summed E-state index contributed by atoms with van der Waals surface area (Å²) in [5.74, 6) is 1.32. The second kappa shape index (κ2) is 7.24. The van der Waals surface area contributed by atoms with E-state index in [-0.39, 0.29) is 12.6 Å². The summed E-state index contributed by atoms with van der Waals surface area (Å²) in [6, 6.07) is 0.759. The van der Waals surface area contributed by atoms with Crippen molar-refractivity contribution in [1.82, 2.24) is 5.32 Å². The molecule has 0 saturated carbocycles. The van der Waals surface area contributed by atoms with Gasteiger partial charge in [-0.2, -0.15) is 0 Å². The summed E-state index contributed by atoms with van der Waals surface area (Å²) in [5.41, 5.74) is 0. The van der Waals surface area contributed by atoms with Crippen molar-refractivity contribution in [2.75, 3.05) is 6.61 Å². The lowest BCUT2D eigenvalue weighted by Gasteiger charge is -2.26. The Morgan fingerprint density at radius 2 is 1.71 bits per heavy atom. The summed E-state index contributed by atoms with van der Waals surface area (Å²) in [6.45, 7) is 11.3. The maximum absolute atomic E-state index is 9.22. The van der Waals surface area contributed by atoms with Gasteiger partial charge in [0.05, 0.1) is 6.61 Å². The van der Waals surface area contributed by atoms with Gasteiger partial charge in [-0.15, -0.1) is 0 Å². The first kappa shape index (κ1) is 13.9. The van der Waals surface area contributed by atoms with Crippen molar-refractivity contribution in [3.05, 3.63) is 0 Å². The maximum atomic E-state index is 9.22. The van der Waals surface area contributed by atoms with Gasteiger partial charge in [0.1, 0.15) is 0 Å². The molecule has 0 aliphatic rings. The average molecular weight is 201 g/mol. The van der Waals surface area contributed by atoms with Crippen LogP contribution in [0.1, 0.15) is 47.5 Å². The first-order chi connectivity index (χ1) is 6.51. The van der Waals surface area contributed by atoms with E-state index in [1.54, 1.807) is 0 Å². The molecule has 0 aliphatic heterocycles. The van der Waals surface area contributed by atoms with E-state index in [4.69, 9.17) is 0 Å². The Morgan fingerprint density at radius 3 is 2.07 bits per heavy atom. The Hall–Kier alpha value is -0.0800. The van der Waals surface area contributed by atoms with E-state index >= 15 is 0 Å². The van der Waals surface area contributed by atoms with E-state index in [1.807, 2.05) is 0 Å². The molecule has 0 rings (SSSR count). The zero-order valence-electron chi connectivity index (χ0n) is 10.4. The largest absolute Gasteiger partial charge is 0.395 e. The third kappa shape index (κ3) is 5.61. The van der Waals surface area contributed by atoms with Crippen molar-refractivity contribution in [3.8, 4) is 0 Å². The van der Waals surface area contributed by atoms with Gasteiger partial charge in [0.15, 0.2) is 0 Å². The van der Waals surface area contributed by atoms with Crippen molar-refractivity contribution >= 4 is 0 Å².